The van der Waals surface area contributed by atoms with Crippen molar-refractivity contribution in [2.24, 2.45) is 0 Å². The Bertz CT molecular complexity index is 447. The highest BCUT2D eigenvalue weighted by Crippen LogP contribution is 2.19. The van der Waals surface area contributed by atoms with Crippen LogP contribution in [0.5, 0.6) is 0 Å². The van der Waals surface area contributed by atoms with Gasteiger partial charge >= 0.3 is 0 Å². The van der Waals surface area contributed by atoms with Crippen molar-refractivity contribution in [2.75, 3.05) is 20.8 Å². The Morgan fingerprint density at radius 1 is 1.39 bits per heavy atom. The molecule has 0 saturated carbocycles. The number of rotatable bonds is 6. The Morgan fingerprint density at radius 3 is 2.89 bits per heavy atom. The summed E-state index contributed by atoms with van der Waals surface area (Å²) < 4.78 is 5.30. The Morgan fingerprint density at radius 2 is 2.28 bits per heavy atom. The van der Waals surface area contributed by atoms with Crippen LogP contribution in [-0.2, 0) is 11.3 Å². The fourth-order valence-electron chi connectivity index (χ4n) is 1.85. The highest BCUT2D eigenvalue weighted by Gasteiger charge is 2.18. The third-order valence-electron chi connectivity index (χ3n) is 2.78. The molecule has 0 aliphatic carbocycles. The van der Waals surface area contributed by atoms with Gasteiger partial charge in [-0.1, -0.05) is 6.07 Å². The summed E-state index contributed by atoms with van der Waals surface area (Å²) in [6.45, 7) is 1.42. The zero-order chi connectivity index (χ0) is 12.8. The van der Waals surface area contributed by atoms with E-state index in [2.05, 4.69) is 27.3 Å². The van der Waals surface area contributed by atoms with Crippen molar-refractivity contribution in [1.82, 2.24) is 14.9 Å². The van der Waals surface area contributed by atoms with E-state index in [-0.39, 0.29) is 6.04 Å². The summed E-state index contributed by atoms with van der Waals surface area (Å²) >= 11 is 1.62. The van der Waals surface area contributed by atoms with Gasteiger partial charge < -0.3 is 4.74 Å². The summed E-state index contributed by atoms with van der Waals surface area (Å²) in [5.41, 5.74) is 3.96. The maximum atomic E-state index is 5.30. The van der Waals surface area contributed by atoms with Crippen LogP contribution in [0.4, 0.5) is 0 Å². The fourth-order valence-corrected chi connectivity index (χ4v) is 2.40. The maximum Gasteiger partial charge on any atom is 0.0795 e. The van der Waals surface area contributed by atoms with Gasteiger partial charge in [0.1, 0.15) is 0 Å². The molecule has 0 N–H and O–H groups in total. The number of ether oxygens (including phenoxy) is 1. The van der Waals surface area contributed by atoms with Crippen molar-refractivity contribution in [3.8, 4) is 0 Å². The number of likely N-dealkylation sites (N-methyl/N-ethyl adjacent to an activating group) is 1. The summed E-state index contributed by atoms with van der Waals surface area (Å²) in [6.07, 6.45) is 1.81. The van der Waals surface area contributed by atoms with Crippen molar-refractivity contribution in [3.63, 3.8) is 0 Å². The smallest absolute Gasteiger partial charge is 0.0795 e. The van der Waals surface area contributed by atoms with Crippen molar-refractivity contribution >= 4 is 11.3 Å². The molecular weight excluding hydrogens is 246 g/mol. The van der Waals surface area contributed by atoms with Gasteiger partial charge in [-0.3, -0.25) is 9.88 Å². The first kappa shape index (κ1) is 13.1. The molecule has 0 amide bonds. The number of nitrogens with zero attached hydrogens (tertiary/aromatic N) is 3. The molecule has 2 aromatic rings. The summed E-state index contributed by atoms with van der Waals surface area (Å²) in [5.74, 6) is 0. The topological polar surface area (TPSA) is 38.2 Å². The van der Waals surface area contributed by atoms with Crippen molar-refractivity contribution in [3.05, 3.63) is 46.7 Å². The minimum absolute atomic E-state index is 0.151. The van der Waals surface area contributed by atoms with Crippen LogP contribution in [0.25, 0.3) is 0 Å². The summed E-state index contributed by atoms with van der Waals surface area (Å²) in [4.78, 5) is 10.9. The molecule has 2 aromatic heterocycles. The van der Waals surface area contributed by atoms with Gasteiger partial charge in [0.15, 0.2) is 0 Å². The minimum Gasteiger partial charge on any atom is -0.383 e. The second kappa shape index (κ2) is 6.58. The first-order valence-electron chi connectivity index (χ1n) is 5.78. The number of pyridine rings is 1. The van der Waals surface area contributed by atoms with Gasteiger partial charge in [0.2, 0.25) is 0 Å². The number of hydrogen-bond donors (Lipinski definition) is 0. The number of methoxy groups -OCH3 is 1. The SMILES string of the molecule is COCC(c1ccccn1)N(C)Cc1cscn1. The zero-order valence-electron chi connectivity index (χ0n) is 10.6. The summed E-state index contributed by atoms with van der Waals surface area (Å²) in [5, 5.41) is 2.07. The first-order chi connectivity index (χ1) is 8.81. The van der Waals surface area contributed by atoms with E-state index in [0.717, 1.165) is 17.9 Å². The molecule has 0 aromatic carbocycles. The van der Waals surface area contributed by atoms with E-state index in [1.165, 1.54) is 0 Å². The van der Waals surface area contributed by atoms with Crippen LogP contribution in [0.3, 0.4) is 0 Å². The molecule has 5 heteroatoms. The average Bonchev–Trinajstić information content (AvgIpc) is 2.89. The average molecular weight is 263 g/mol. The third-order valence-corrected chi connectivity index (χ3v) is 3.42. The lowest BCUT2D eigenvalue weighted by molar-refractivity contribution is 0.0994. The van der Waals surface area contributed by atoms with E-state index < -0.39 is 0 Å². The molecule has 0 radical (unpaired) electrons. The second-order valence-corrected chi connectivity index (χ2v) is 4.84. The van der Waals surface area contributed by atoms with Crippen LogP contribution in [0.15, 0.2) is 35.3 Å². The van der Waals surface area contributed by atoms with E-state index in [1.807, 2.05) is 29.9 Å². The normalized spacial score (nSPS) is 12.8. The largest absolute Gasteiger partial charge is 0.383 e. The Hall–Kier alpha value is -1.30. The van der Waals surface area contributed by atoms with Crippen LogP contribution in [-0.4, -0.2) is 35.6 Å². The quantitative estimate of drug-likeness (QED) is 0.802. The Labute approximate surface area is 111 Å². The molecule has 2 heterocycles. The van der Waals surface area contributed by atoms with Gasteiger partial charge in [0.25, 0.3) is 0 Å². The molecule has 4 nitrogen and oxygen atoms in total. The van der Waals surface area contributed by atoms with Gasteiger partial charge in [0, 0.05) is 25.2 Å². The van der Waals surface area contributed by atoms with Crippen LogP contribution in [0.1, 0.15) is 17.4 Å². The molecule has 0 bridgehead atoms. The van der Waals surface area contributed by atoms with Gasteiger partial charge in [-0.15, -0.1) is 11.3 Å². The molecule has 0 saturated heterocycles. The lowest BCUT2D eigenvalue weighted by Crippen LogP contribution is -2.28. The summed E-state index contributed by atoms with van der Waals surface area (Å²) in [7, 11) is 3.78. The van der Waals surface area contributed by atoms with Crippen LogP contribution in [0, 0.1) is 0 Å². The van der Waals surface area contributed by atoms with Gasteiger partial charge in [-0.25, -0.2) is 4.98 Å². The van der Waals surface area contributed by atoms with E-state index >= 15 is 0 Å². The zero-order valence-corrected chi connectivity index (χ0v) is 11.4. The fraction of sp³-hybridized carbons (Fsp3) is 0.385. The number of aromatic nitrogens is 2. The molecule has 18 heavy (non-hydrogen) atoms. The molecule has 1 unspecified atom stereocenters. The van der Waals surface area contributed by atoms with Crippen molar-refractivity contribution in [2.45, 2.75) is 12.6 Å². The predicted molar refractivity (Wildman–Crippen MR) is 72.4 cm³/mol. The van der Waals surface area contributed by atoms with Crippen molar-refractivity contribution in [1.29, 1.82) is 0 Å². The van der Waals surface area contributed by atoms with E-state index in [1.54, 1.807) is 18.4 Å². The first-order valence-corrected chi connectivity index (χ1v) is 6.72. The molecule has 0 fully saturated rings. The van der Waals surface area contributed by atoms with Crippen LogP contribution in [0.2, 0.25) is 0 Å². The molecular formula is C13H17N3OS. The van der Waals surface area contributed by atoms with Gasteiger partial charge in [-0.05, 0) is 19.2 Å². The highest BCUT2D eigenvalue weighted by atomic mass is 32.1. The molecule has 2 rings (SSSR count). The van der Waals surface area contributed by atoms with Crippen LogP contribution < -0.4 is 0 Å². The lowest BCUT2D eigenvalue weighted by atomic mass is 10.1. The monoisotopic (exact) mass is 263 g/mol. The van der Waals surface area contributed by atoms with E-state index in [0.29, 0.717) is 6.61 Å². The van der Waals surface area contributed by atoms with E-state index in [4.69, 9.17) is 4.74 Å². The summed E-state index contributed by atoms with van der Waals surface area (Å²) in [6, 6.07) is 6.11. The predicted octanol–water partition coefficient (Wildman–Crippen LogP) is 2.36. The standard InChI is InChI=1S/C13H17N3OS/c1-16(7-11-9-18-10-15-11)13(8-17-2)12-5-3-4-6-14-12/h3-6,9-10,13H,7-8H2,1-2H3. The molecule has 0 aliphatic rings. The van der Waals surface area contributed by atoms with Gasteiger partial charge in [0.05, 0.1) is 29.5 Å². The maximum absolute atomic E-state index is 5.30. The highest BCUT2D eigenvalue weighted by molar-refractivity contribution is 7.07. The van der Waals surface area contributed by atoms with E-state index in [9.17, 15) is 0 Å². The van der Waals surface area contributed by atoms with Crippen LogP contribution >= 0.6 is 11.3 Å². The molecule has 96 valence electrons. The Balaban J connectivity index is 2.09. The second-order valence-electron chi connectivity index (χ2n) is 4.12. The van der Waals surface area contributed by atoms with Crippen molar-refractivity contribution < 1.29 is 4.74 Å². The molecule has 1 atom stereocenters. The molecule has 0 aliphatic heterocycles. The number of thiazole rings is 1. The molecule has 0 spiro atoms. The number of hydrogen-bond acceptors (Lipinski definition) is 5. The third kappa shape index (κ3) is 3.35. The van der Waals surface area contributed by atoms with Gasteiger partial charge in [-0.2, -0.15) is 0 Å². The minimum atomic E-state index is 0.151. The Kier molecular flexibility index (Phi) is 4.81. The lowest BCUT2D eigenvalue weighted by Gasteiger charge is -2.26.